The van der Waals surface area contributed by atoms with Crippen LogP contribution < -0.4 is 4.74 Å². The van der Waals surface area contributed by atoms with Crippen LogP contribution in [0, 0.1) is 12.3 Å². The summed E-state index contributed by atoms with van der Waals surface area (Å²) in [5.41, 5.74) is -0.0183. The minimum Gasteiger partial charge on any atom is -0.507 e. The van der Waals surface area contributed by atoms with Crippen molar-refractivity contribution in [3.63, 3.8) is 0 Å². The molecule has 4 nitrogen and oxygen atoms in total. The maximum Gasteiger partial charge on any atom is 0.345 e. The molecule has 0 amide bonds. The fourth-order valence-corrected chi connectivity index (χ4v) is 1.07. The fourth-order valence-electron chi connectivity index (χ4n) is 1.07. The van der Waals surface area contributed by atoms with Crippen molar-refractivity contribution in [2.45, 2.75) is 0 Å². The van der Waals surface area contributed by atoms with Gasteiger partial charge in [0.15, 0.2) is 0 Å². The zero-order chi connectivity index (χ0) is 11.3. The Bertz CT molecular complexity index is 404. The zero-order valence-corrected chi connectivity index (χ0v) is 8.19. The summed E-state index contributed by atoms with van der Waals surface area (Å²) in [5, 5.41) is 9.46. The van der Waals surface area contributed by atoms with Crippen LogP contribution in [0.25, 0.3) is 0 Å². The highest BCUT2D eigenvalue weighted by atomic mass is 16.5. The Balaban J connectivity index is 3.09. The van der Waals surface area contributed by atoms with Gasteiger partial charge in [0.05, 0.1) is 7.11 Å². The van der Waals surface area contributed by atoms with E-state index in [0.717, 1.165) is 0 Å². The zero-order valence-electron chi connectivity index (χ0n) is 8.19. The molecule has 0 atom stereocenters. The Kier molecular flexibility index (Phi) is 3.58. The Labute approximate surface area is 87.4 Å². The Hall–Kier alpha value is -2.15. The summed E-state index contributed by atoms with van der Waals surface area (Å²) in [5.74, 6) is 1.61. The standard InChI is InChI=1S/C11H10O4/c1-3-7-15-9-6-4-5-8(12)10(9)11(13)14-2/h1,4-6,12H,7H2,2H3. The van der Waals surface area contributed by atoms with Gasteiger partial charge in [0.1, 0.15) is 23.7 Å². The van der Waals surface area contributed by atoms with E-state index >= 15 is 0 Å². The molecular weight excluding hydrogens is 196 g/mol. The molecule has 0 aliphatic carbocycles. The molecule has 0 saturated carbocycles. The number of carbonyl (C=O) groups excluding carboxylic acids is 1. The first-order valence-electron chi connectivity index (χ1n) is 4.17. The molecule has 0 unspecified atom stereocenters. The molecule has 1 aromatic carbocycles. The molecule has 0 saturated heterocycles. The van der Waals surface area contributed by atoms with E-state index in [9.17, 15) is 9.90 Å². The Morgan fingerprint density at radius 3 is 2.93 bits per heavy atom. The number of hydrogen-bond donors (Lipinski definition) is 1. The quantitative estimate of drug-likeness (QED) is 0.596. The van der Waals surface area contributed by atoms with E-state index in [1.54, 1.807) is 6.07 Å². The fraction of sp³-hybridized carbons (Fsp3) is 0.182. The molecule has 0 aliphatic heterocycles. The van der Waals surface area contributed by atoms with Crippen LogP contribution in [0.1, 0.15) is 10.4 Å². The van der Waals surface area contributed by atoms with Gasteiger partial charge in [-0.25, -0.2) is 4.79 Å². The molecule has 4 heteroatoms. The minimum absolute atomic E-state index is 0.0183. The highest BCUT2D eigenvalue weighted by Gasteiger charge is 2.17. The predicted octanol–water partition coefficient (Wildman–Crippen LogP) is 1.19. The lowest BCUT2D eigenvalue weighted by atomic mass is 10.2. The highest BCUT2D eigenvalue weighted by molar-refractivity contribution is 5.95. The van der Waals surface area contributed by atoms with E-state index in [2.05, 4.69) is 10.7 Å². The lowest BCUT2D eigenvalue weighted by Gasteiger charge is -2.08. The summed E-state index contributed by atoms with van der Waals surface area (Å²) in [6.45, 7) is 0.0213. The van der Waals surface area contributed by atoms with Crippen LogP contribution in [0.2, 0.25) is 0 Å². The number of benzene rings is 1. The normalized spacial score (nSPS) is 9.07. The van der Waals surface area contributed by atoms with Gasteiger partial charge in [0.2, 0.25) is 0 Å². The number of terminal acetylenes is 1. The number of carbonyl (C=O) groups is 1. The van der Waals surface area contributed by atoms with Crippen molar-refractivity contribution in [1.82, 2.24) is 0 Å². The third kappa shape index (κ3) is 2.41. The minimum atomic E-state index is -0.667. The molecule has 15 heavy (non-hydrogen) atoms. The molecule has 0 heterocycles. The summed E-state index contributed by atoms with van der Waals surface area (Å²) < 4.78 is 9.60. The van der Waals surface area contributed by atoms with Gasteiger partial charge in [-0.05, 0) is 12.1 Å². The molecule has 0 aliphatic rings. The van der Waals surface area contributed by atoms with Crippen molar-refractivity contribution in [3.05, 3.63) is 23.8 Å². The van der Waals surface area contributed by atoms with Gasteiger partial charge in [-0.2, -0.15) is 0 Å². The van der Waals surface area contributed by atoms with E-state index in [0.29, 0.717) is 0 Å². The van der Waals surface area contributed by atoms with Gasteiger partial charge >= 0.3 is 5.97 Å². The van der Waals surface area contributed by atoms with Crippen molar-refractivity contribution in [2.75, 3.05) is 13.7 Å². The molecule has 1 N–H and O–H groups in total. The van der Waals surface area contributed by atoms with E-state index in [1.807, 2.05) is 0 Å². The second-order valence-corrected chi connectivity index (χ2v) is 2.63. The van der Waals surface area contributed by atoms with Gasteiger partial charge in [-0.3, -0.25) is 0 Å². The van der Waals surface area contributed by atoms with Crippen LogP contribution in [0.3, 0.4) is 0 Å². The summed E-state index contributed by atoms with van der Waals surface area (Å²) in [7, 11) is 1.22. The number of aromatic hydroxyl groups is 1. The molecule has 1 rings (SSSR count). The summed E-state index contributed by atoms with van der Waals surface area (Å²) in [6.07, 6.45) is 5.02. The van der Waals surface area contributed by atoms with Gasteiger partial charge in [0, 0.05) is 0 Å². The lowest BCUT2D eigenvalue weighted by molar-refractivity contribution is 0.0593. The third-order valence-corrected chi connectivity index (χ3v) is 1.70. The first kappa shape index (κ1) is 10.9. The Morgan fingerprint density at radius 1 is 1.60 bits per heavy atom. The van der Waals surface area contributed by atoms with E-state index in [4.69, 9.17) is 11.2 Å². The second-order valence-electron chi connectivity index (χ2n) is 2.63. The highest BCUT2D eigenvalue weighted by Crippen LogP contribution is 2.27. The number of phenolic OH excluding ortho intramolecular Hbond substituents is 1. The second kappa shape index (κ2) is 4.91. The number of ether oxygens (including phenoxy) is 2. The smallest absolute Gasteiger partial charge is 0.345 e. The molecule has 78 valence electrons. The lowest BCUT2D eigenvalue weighted by Crippen LogP contribution is -2.06. The summed E-state index contributed by atoms with van der Waals surface area (Å²) >= 11 is 0. The van der Waals surface area contributed by atoms with Crippen LogP contribution in [0.5, 0.6) is 11.5 Å². The van der Waals surface area contributed by atoms with Gasteiger partial charge in [-0.1, -0.05) is 12.0 Å². The number of methoxy groups -OCH3 is 1. The van der Waals surface area contributed by atoms with Crippen LogP contribution in [0.4, 0.5) is 0 Å². The average Bonchev–Trinajstić information content (AvgIpc) is 2.25. The maximum absolute atomic E-state index is 11.3. The molecule has 1 aromatic rings. The number of esters is 1. The summed E-state index contributed by atoms with van der Waals surface area (Å²) in [4.78, 5) is 11.3. The molecular formula is C11H10O4. The van der Waals surface area contributed by atoms with Crippen molar-refractivity contribution in [2.24, 2.45) is 0 Å². The third-order valence-electron chi connectivity index (χ3n) is 1.70. The average molecular weight is 206 g/mol. The van der Waals surface area contributed by atoms with E-state index in [-0.39, 0.29) is 23.7 Å². The van der Waals surface area contributed by atoms with Gasteiger partial charge in [0.25, 0.3) is 0 Å². The van der Waals surface area contributed by atoms with Crippen LogP contribution >= 0.6 is 0 Å². The van der Waals surface area contributed by atoms with E-state index < -0.39 is 5.97 Å². The van der Waals surface area contributed by atoms with Gasteiger partial charge in [-0.15, -0.1) is 6.42 Å². The van der Waals surface area contributed by atoms with Crippen LogP contribution in [-0.2, 0) is 4.74 Å². The molecule has 0 fully saturated rings. The van der Waals surface area contributed by atoms with Gasteiger partial charge < -0.3 is 14.6 Å². The van der Waals surface area contributed by atoms with E-state index in [1.165, 1.54) is 19.2 Å². The summed E-state index contributed by atoms with van der Waals surface area (Å²) in [6, 6.07) is 4.45. The topological polar surface area (TPSA) is 55.8 Å². The molecule has 0 bridgehead atoms. The van der Waals surface area contributed by atoms with Crippen molar-refractivity contribution in [3.8, 4) is 23.8 Å². The van der Waals surface area contributed by atoms with Crippen molar-refractivity contribution >= 4 is 5.97 Å². The molecule has 0 spiro atoms. The number of rotatable bonds is 3. The first-order chi connectivity index (χ1) is 7.20. The maximum atomic E-state index is 11.3. The number of hydrogen-bond acceptors (Lipinski definition) is 4. The van der Waals surface area contributed by atoms with Crippen LogP contribution in [0.15, 0.2) is 18.2 Å². The molecule has 0 radical (unpaired) electrons. The first-order valence-corrected chi connectivity index (χ1v) is 4.17. The largest absolute Gasteiger partial charge is 0.507 e. The predicted molar refractivity (Wildman–Crippen MR) is 53.8 cm³/mol. The molecule has 0 aromatic heterocycles. The number of phenols is 1. The van der Waals surface area contributed by atoms with Crippen LogP contribution in [-0.4, -0.2) is 24.8 Å². The van der Waals surface area contributed by atoms with Crippen molar-refractivity contribution in [1.29, 1.82) is 0 Å². The van der Waals surface area contributed by atoms with Crippen molar-refractivity contribution < 1.29 is 19.4 Å². The Morgan fingerprint density at radius 2 is 2.33 bits per heavy atom. The monoisotopic (exact) mass is 206 g/mol. The SMILES string of the molecule is C#CCOc1cccc(O)c1C(=O)OC.